The quantitative estimate of drug-likeness (QED) is 0.599. The maximum Gasteiger partial charge on any atom is 0.340 e. The summed E-state index contributed by atoms with van der Waals surface area (Å²) in [7, 11) is 1.30. The molecular weight excluding hydrogens is 342 g/mol. The topological polar surface area (TPSA) is 92.7 Å². The van der Waals surface area contributed by atoms with Crippen LogP contribution in [0.15, 0.2) is 18.2 Å². The fourth-order valence-corrected chi connectivity index (χ4v) is 5.03. The van der Waals surface area contributed by atoms with Gasteiger partial charge in [-0.2, -0.15) is 0 Å². The molecule has 2 N–H and O–H groups in total. The van der Waals surface area contributed by atoms with Crippen LogP contribution in [-0.4, -0.2) is 30.1 Å². The van der Waals surface area contributed by atoms with Gasteiger partial charge in [-0.25, -0.2) is 4.79 Å². The van der Waals surface area contributed by atoms with Crippen molar-refractivity contribution in [1.82, 2.24) is 0 Å². The highest BCUT2D eigenvalue weighted by Gasteiger charge is 2.51. The van der Waals surface area contributed by atoms with Gasteiger partial charge >= 0.3 is 11.9 Å². The molecule has 2 aliphatic rings. The molecular formula is C18H21NO5S. The Hall–Kier alpha value is -2.15. The molecule has 1 fully saturated rings. The van der Waals surface area contributed by atoms with Crippen LogP contribution in [0, 0.1) is 23.7 Å². The normalized spacial score (nSPS) is 26.6. The number of allylic oxidation sites excluding steroid dienone is 2. The number of thiophene rings is 1. The maximum atomic E-state index is 12.8. The van der Waals surface area contributed by atoms with Crippen molar-refractivity contribution in [2.75, 3.05) is 12.4 Å². The molecule has 0 unspecified atom stereocenters. The summed E-state index contributed by atoms with van der Waals surface area (Å²) in [4.78, 5) is 37.3. The first-order chi connectivity index (χ1) is 12.0. The van der Waals surface area contributed by atoms with Gasteiger partial charge in [-0.1, -0.05) is 25.5 Å². The first-order valence-corrected chi connectivity index (χ1v) is 9.20. The summed E-state index contributed by atoms with van der Waals surface area (Å²) in [5, 5.41) is 12.7. The third-order valence-electron chi connectivity index (χ3n) is 4.97. The Bertz CT molecular complexity index is 738. The van der Waals surface area contributed by atoms with E-state index in [0.29, 0.717) is 17.0 Å². The molecule has 7 heteroatoms. The van der Waals surface area contributed by atoms with Crippen molar-refractivity contribution in [3.05, 3.63) is 28.7 Å². The van der Waals surface area contributed by atoms with E-state index in [0.717, 1.165) is 17.7 Å². The van der Waals surface area contributed by atoms with E-state index < -0.39 is 23.8 Å². The number of aryl methyl sites for hydroxylation is 1. The molecule has 0 aliphatic heterocycles. The van der Waals surface area contributed by atoms with Gasteiger partial charge in [0, 0.05) is 4.88 Å². The lowest BCUT2D eigenvalue weighted by Gasteiger charge is -2.23. The fraction of sp³-hybridized carbons (Fsp3) is 0.500. The van der Waals surface area contributed by atoms with Gasteiger partial charge in [0.2, 0.25) is 5.91 Å². The number of rotatable bonds is 6. The lowest BCUT2D eigenvalue weighted by atomic mass is 9.82. The molecule has 1 aromatic rings. The summed E-state index contributed by atoms with van der Waals surface area (Å²) >= 11 is 1.35. The van der Waals surface area contributed by atoms with Crippen LogP contribution in [-0.2, 0) is 20.7 Å². The first-order valence-electron chi connectivity index (χ1n) is 8.39. The molecule has 6 nitrogen and oxygen atoms in total. The van der Waals surface area contributed by atoms with Crippen molar-refractivity contribution < 1.29 is 24.2 Å². The van der Waals surface area contributed by atoms with Gasteiger partial charge in [0.15, 0.2) is 0 Å². The summed E-state index contributed by atoms with van der Waals surface area (Å²) in [6.45, 7) is 2.04. The number of nitrogens with one attached hydrogen (secondary N) is 1. The number of carboxylic acid groups (broad SMARTS) is 1. The van der Waals surface area contributed by atoms with Crippen LogP contribution >= 0.6 is 11.3 Å². The molecule has 25 heavy (non-hydrogen) atoms. The fourth-order valence-electron chi connectivity index (χ4n) is 3.88. The molecule has 1 saturated carbocycles. The van der Waals surface area contributed by atoms with Gasteiger partial charge < -0.3 is 15.2 Å². The van der Waals surface area contributed by atoms with Crippen LogP contribution < -0.4 is 5.32 Å². The van der Waals surface area contributed by atoms with Crippen molar-refractivity contribution in [3.8, 4) is 0 Å². The van der Waals surface area contributed by atoms with E-state index in [1.54, 1.807) is 6.07 Å². The number of anilines is 1. The second-order valence-electron chi connectivity index (χ2n) is 6.52. The van der Waals surface area contributed by atoms with Crippen LogP contribution in [0.5, 0.6) is 0 Å². The smallest absolute Gasteiger partial charge is 0.340 e. The standard InChI is InChI=1S/C18H21NO5S/c1-3-4-11-8-12(18(23)24-2)16(25-11)19-15(20)13-9-5-6-10(7-9)14(13)17(21)22/h5-6,8-10,13-14H,3-4,7H2,1-2H3,(H,19,20)(H,21,22)/t9-,10-,13-,14+/m0/s1. The number of ether oxygens (including phenoxy) is 1. The number of aliphatic carboxylic acids is 1. The highest BCUT2D eigenvalue weighted by molar-refractivity contribution is 7.16. The number of carboxylic acids is 1. The largest absolute Gasteiger partial charge is 0.481 e. The summed E-state index contributed by atoms with van der Waals surface area (Å²) in [5.74, 6) is -3.22. The second kappa shape index (κ2) is 7.00. The average Bonchev–Trinajstić information content (AvgIpc) is 3.28. The Morgan fingerprint density at radius 2 is 1.96 bits per heavy atom. The van der Waals surface area contributed by atoms with Crippen LogP contribution in [0.2, 0.25) is 0 Å². The summed E-state index contributed by atoms with van der Waals surface area (Å²) < 4.78 is 4.80. The van der Waals surface area contributed by atoms with Crippen LogP contribution in [0.25, 0.3) is 0 Å². The number of hydrogen-bond acceptors (Lipinski definition) is 5. The van der Waals surface area contributed by atoms with E-state index in [1.807, 2.05) is 19.1 Å². The molecule has 1 heterocycles. The van der Waals surface area contributed by atoms with Crippen molar-refractivity contribution in [2.45, 2.75) is 26.2 Å². The molecule has 0 saturated heterocycles. The van der Waals surface area contributed by atoms with E-state index in [-0.39, 0.29) is 17.7 Å². The van der Waals surface area contributed by atoms with Crippen LogP contribution in [0.3, 0.4) is 0 Å². The molecule has 0 aromatic carbocycles. The highest BCUT2D eigenvalue weighted by atomic mass is 32.1. The molecule has 1 amide bonds. The van der Waals surface area contributed by atoms with E-state index >= 15 is 0 Å². The lowest BCUT2D eigenvalue weighted by Crippen LogP contribution is -2.36. The third-order valence-corrected chi connectivity index (χ3v) is 6.08. The van der Waals surface area contributed by atoms with Crippen molar-refractivity contribution in [3.63, 3.8) is 0 Å². The number of amides is 1. The Kier molecular flexibility index (Phi) is 4.94. The van der Waals surface area contributed by atoms with Gasteiger partial charge in [-0.3, -0.25) is 9.59 Å². The molecule has 0 radical (unpaired) electrons. The second-order valence-corrected chi connectivity index (χ2v) is 7.66. The van der Waals surface area contributed by atoms with E-state index in [1.165, 1.54) is 18.4 Å². The number of hydrogen-bond donors (Lipinski definition) is 2. The number of carbonyl (C=O) groups is 3. The zero-order valence-electron chi connectivity index (χ0n) is 14.2. The number of carbonyl (C=O) groups excluding carboxylic acids is 2. The van der Waals surface area contributed by atoms with Gasteiger partial charge in [0.1, 0.15) is 5.00 Å². The van der Waals surface area contributed by atoms with E-state index in [9.17, 15) is 19.5 Å². The van der Waals surface area contributed by atoms with Gasteiger partial charge in [-0.15, -0.1) is 11.3 Å². The summed E-state index contributed by atoms with van der Waals surface area (Å²) in [6, 6.07) is 1.74. The molecule has 134 valence electrons. The monoisotopic (exact) mass is 363 g/mol. The van der Waals surface area contributed by atoms with E-state index in [4.69, 9.17) is 4.74 Å². The molecule has 2 bridgehead atoms. The Morgan fingerprint density at radius 3 is 2.56 bits per heavy atom. The maximum absolute atomic E-state index is 12.8. The van der Waals surface area contributed by atoms with Gasteiger partial charge in [-0.05, 0) is 30.7 Å². The minimum absolute atomic E-state index is 0.0530. The predicted molar refractivity (Wildman–Crippen MR) is 93.6 cm³/mol. The molecule has 4 atom stereocenters. The van der Waals surface area contributed by atoms with E-state index in [2.05, 4.69) is 5.32 Å². The highest BCUT2D eigenvalue weighted by Crippen LogP contribution is 2.48. The number of methoxy groups -OCH3 is 1. The van der Waals surface area contributed by atoms with Crippen LogP contribution in [0.1, 0.15) is 35.0 Å². The minimum atomic E-state index is -0.942. The predicted octanol–water partition coefficient (Wildman–Crippen LogP) is 2.95. The minimum Gasteiger partial charge on any atom is -0.481 e. The lowest BCUT2D eigenvalue weighted by molar-refractivity contribution is -0.146. The first kappa shape index (κ1) is 17.7. The van der Waals surface area contributed by atoms with Gasteiger partial charge in [0.25, 0.3) is 0 Å². The Morgan fingerprint density at radius 1 is 1.28 bits per heavy atom. The summed E-state index contributed by atoms with van der Waals surface area (Å²) in [5.41, 5.74) is 0.329. The summed E-state index contributed by atoms with van der Waals surface area (Å²) in [6.07, 6.45) is 6.26. The van der Waals surface area contributed by atoms with Crippen molar-refractivity contribution in [2.24, 2.45) is 23.7 Å². The third kappa shape index (κ3) is 3.20. The molecule has 2 aliphatic carbocycles. The average molecular weight is 363 g/mol. The zero-order chi connectivity index (χ0) is 18.1. The Labute approximate surface area is 149 Å². The Balaban J connectivity index is 1.84. The van der Waals surface area contributed by atoms with Crippen molar-refractivity contribution >= 4 is 34.2 Å². The number of esters is 1. The zero-order valence-corrected chi connectivity index (χ0v) is 15.0. The molecule has 1 aromatic heterocycles. The SMILES string of the molecule is CCCc1cc(C(=O)OC)c(NC(=O)[C@@H]2[C@H](C(=O)O)[C@H]3C=C[C@H]2C3)s1. The molecule has 0 spiro atoms. The molecule has 3 rings (SSSR count). The number of fused-ring (bicyclic) bond motifs is 2. The van der Waals surface area contributed by atoms with Crippen molar-refractivity contribution in [1.29, 1.82) is 0 Å². The van der Waals surface area contributed by atoms with Gasteiger partial charge in [0.05, 0.1) is 24.5 Å². The van der Waals surface area contributed by atoms with Crippen LogP contribution in [0.4, 0.5) is 5.00 Å².